The molecule has 1 heterocycles. The van der Waals surface area contributed by atoms with Gasteiger partial charge in [0.05, 0.1) is 17.9 Å². The Morgan fingerprint density at radius 1 is 1.23 bits per heavy atom. The normalized spacial score (nSPS) is 28.4. The minimum atomic E-state index is -0.876. The SMILES string of the molecule is O=C(O)[C@@H]1C[C@@H]1C(=O)N1CCC[C@H]1C[C@H](O)c1ccccc1. The molecule has 2 aliphatic rings. The van der Waals surface area contributed by atoms with Gasteiger partial charge in [-0.1, -0.05) is 30.3 Å². The maximum Gasteiger partial charge on any atom is 0.307 e. The number of benzene rings is 1. The summed E-state index contributed by atoms with van der Waals surface area (Å²) >= 11 is 0. The number of carbonyl (C=O) groups excluding carboxylic acids is 1. The van der Waals surface area contributed by atoms with Crippen molar-refractivity contribution in [2.75, 3.05) is 6.54 Å². The van der Waals surface area contributed by atoms with Gasteiger partial charge < -0.3 is 15.1 Å². The average molecular weight is 303 g/mol. The van der Waals surface area contributed by atoms with Crippen molar-refractivity contribution in [2.45, 2.75) is 37.8 Å². The Hall–Kier alpha value is -1.88. The van der Waals surface area contributed by atoms with E-state index in [1.165, 1.54) is 0 Å². The molecule has 5 nitrogen and oxygen atoms in total. The number of aliphatic hydroxyl groups is 1. The van der Waals surface area contributed by atoms with Crippen molar-refractivity contribution in [3.05, 3.63) is 35.9 Å². The van der Waals surface area contributed by atoms with E-state index in [0.717, 1.165) is 18.4 Å². The number of aliphatic carboxylic acids is 1. The predicted molar refractivity (Wildman–Crippen MR) is 80.0 cm³/mol. The molecule has 0 unspecified atom stereocenters. The van der Waals surface area contributed by atoms with Gasteiger partial charge in [-0.2, -0.15) is 0 Å². The Morgan fingerprint density at radius 2 is 1.95 bits per heavy atom. The molecule has 4 atom stereocenters. The van der Waals surface area contributed by atoms with Gasteiger partial charge in [-0.05, 0) is 31.2 Å². The lowest BCUT2D eigenvalue weighted by Crippen LogP contribution is -2.38. The molecule has 1 aromatic carbocycles. The second-order valence-corrected chi connectivity index (χ2v) is 6.28. The zero-order valence-electron chi connectivity index (χ0n) is 12.4. The Bertz CT molecular complexity index is 559. The lowest BCUT2D eigenvalue weighted by molar-refractivity contribution is -0.142. The van der Waals surface area contributed by atoms with Crippen molar-refractivity contribution in [1.29, 1.82) is 0 Å². The lowest BCUT2D eigenvalue weighted by atomic mass is 10.0. The molecule has 118 valence electrons. The molecule has 1 amide bonds. The summed E-state index contributed by atoms with van der Waals surface area (Å²) in [4.78, 5) is 25.1. The van der Waals surface area contributed by atoms with Crippen molar-refractivity contribution in [3.8, 4) is 0 Å². The van der Waals surface area contributed by atoms with Gasteiger partial charge in [0, 0.05) is 12.6 Å². The van der Waals surface area contributed by atoms with Gasteiger partial charge >= 0.3 is 5.97 Å². The number of likely N-dealkylation sites (tertiary alicyclic amines) is 1. The van der Waals surface area contributed by atoms with Crippen molar-refractivity contribution >= 4 is 11.9 Å². The monoisotopic (exact) mass is 303 g/mol. The number of nitrogens with zero attached hydrogens (tertiary/aromatic N) is 1. The van der Waals surface area contributed by atoms with Crippen LogP contribution in [0.25, 0.3) is 0 Å². The summed E-state index contributed by atoms with van der Waals surface area (Å²) in [5.41, 5.74) is 0.858. The van der Waals surface area contributed by atoms with Gasteiger partial charge in [0.1, 0.15) is 0 Å². The van der Waals surface area contributed by atoms with E-state index >= 15 is 0 Å². The van der Waals surface area contributed by atoms with Crippen molar-refractivity contribution in [1.82, 2.24) is 4.90 Å². The molecule has 0 spiro atoms. The Balaban J connectivity index is 1.61. The second kappa shape index (κ2) is 6.08. The molecule has 0 radical (unpaired) electrons. The van der Waals surface area contributed by atoms with Crippen molar-refractivity contribution in [2.24, 2.45) is 11.8 Å². The standard InChI is InChI=1S/C17H21NO4/c19-15(11-5-2-1-3-6-11)9-12-7-4-8-18(12)16(20)13-10-14(13)17(21)22/h1-3,5-6,12-15,19H,4,7-10H2,(H,21,22)/t12-,13-,14+,15-/m0/s1. The van der Waals surface area contributed by atoms with Crippen LogP contribution in [0.15, 0.2) is 30.3 Å². The van der Waals surface area contributed by atoms with Gasteiger partial charge in [0.2, 0.25) is 5.91 Å². The largest absolute Gasteiger partial charge is 0.481 e. The fourth-order valence-corrected chi connectivity index (χ4v) is 3.39. The van der Waals surface area contributed by atoms with Crippen LogP contribution in [0.1, 0.15) is 37.4 Å². The first-order valence-electron chi connectivity index (χ1n) is 7.84. The summed E-state index contributed by atoms with van der Waals surface area (Å²) in [5, 5.41) is 19.3. The van der Waals surface area contributed by atoms with E-state index in [1.54, 1.807) is 4.90 Å². The third-order valence-electron chi connectivity index (χ3n) is 4.76. The fraction of sp³-hybridized carbons (Fsp3) is 0.529. The number of carbonyl (C=O) groups is 2. The van der Waals surface area contributed by atoms with Crippen LogP contribution in [0.2, 0.25) is 0 Å². The summed E-state index contributed by atoms with van der Waals surface area (Å²) in [6, 6.07) is 9.45. The first-order valence-corrected chi connectivity index (χ1v) is 7.84. The van der Waals surface area contributed by atoms with Crippen LogP contribution in [0.4, 0.5) is 0 Å². The van der Waals surface area contributed by atoms with Crippen LogP contribution in [-0.2, 0) is 9.59 Å². The van der Waals surface area contributed by atoms with Gasteiger partial charge in [-0.15, -0.1) is 0 Å². The molecule has 0 aromatic heterocycles. The van der Waals surface area contributed by atoms with Crippen LogP contribution in [0.5, 0.6) is 0 Å². The van der Waals surface area contributed by atoms with E-state index < -0.39 is 18.0 Å². The van der Waals surface area contributed by atoms with Crippen LogP contribution >= 0.6 is 0 Å². The molecular weight excluding hydrogens is 282 g/mol. The highest BCUT2D eigenvalue weighted by Gasteiger charge is 2.51. The van der Waals surface area contributed by atoms with Gasteiger partial charge in [-0.25, -0.2) is 0 Å². The molecule has 2 N–H and O–H groups in total. The van der Waals surface area contributed by atoms with Gasteiger partial charge in [0.25, 0.3) is 0 Å². The van der Waals surface area contributed by atoms with Gasteiger partial charge in [-0.3, -0.25) is 9.59 Å². The first kappa shape index (κ1) is 15.0. The van der Waals surface area contributed by atoms with E-state index in [1.807, 2.05) is 30.3 Å². The quantitative estimate of drug-likeness (QED) is 0.870. The van der Waals surface area contributed by atoms with Crippen LogP contribution < -0.4 is 0 Å². The Morgan fingerprint density at radius 3 is 2.59 bits per heavy atom. The van der Waals surface area contributed by atoms with Crippen molar-refractivity contribution < 1.29 is 19.8 Å². The molecule has 3 rings (SSSR count). The smallest absolute Gasteiger partial charge is 0.307 e. The summed E-state index contributed by atoms with van der Waals surface area (Å²) in [7, 11) is 0. The lowest BCUT2D eigenvalue weighted by Gasteiger charge is -2.27. The summed E-state index contributed by atoms with van der Waals surface area (Å²) < 4.78 is 0. The third-order valence-corrected chi connectivity index (χ3v) is 4.76. The molecule has 22 heavy (non-hydrogen) atoms. The highest BCUT2D eigenvalue weighted by atomic mass is 16.4. The molecule has 1 saturated heterocycles. The van der Waals surface area contributed by atoms with E-state index in [9.17, 15) is 14.7 Å². The van der Waals surface area contributed by atoms with E-state index in [-0.39, 0.29) is 17.9 Å². The molecule has 1 aromatic rings. The minimum absolute atomic E-state index is 0.0118. The highest BCUT2D eigenvalue weighted by molar-refractivity contribution is 5.89. The first-order chi connectivity index (χ1) is 10.6. The molecular formula is C17H21NO4. The van der Waals surface area contributed by atoms with Crippen LogP contribution in [0, 0.1) is 11.8 Å². The number of rotatable bonds is 5. The van der Waals surface area contributed by atoms with E-state index in [0.29, 0.717) is 19.4 Å². The number of hydrogen-bond donors (Lipinski definition) is 2. The number of carboxylic acid groups (broad SMARTS) is 1. The van der Waals surface area contributed by atoms with Crippen LogP contribution in [-0.4, -0.2) is 39.6 Å². The minimum Gasteiger partial charge on any atom is -0.481 e. The van der Waals surface area contributed by atoms with E-state index in [2.05, 4.69) is 0 Å². The maximum absolute atomic E-state index is 12.4. The number of hydrogen-bond acceptors (Lipinski definition) is 3. The number of carboxylic acids is 1. The van der Waals surface area contributed by atoms with Crippen LogP contribution in [0.3, 0.4) is 0 Å². The second-order valence-electron chi connectivity index (χ2n) is 6.28. The maximum atomic E-state index is 12.4. The molecule has 5 heteroatoms. The van der Waals surface area contributed by atoms with Crippen molar-refractivity contribution in [3.63, 3.8) is 0 Å². The zero-order chi connectivity index (χ0) is 15.7. The predicted octanol–water partition coefficient (Wildman–Crippen LogP) is 1.82. The number of amides is 1. The van der Waals surface area contributed by atoms with Gasteiger partial charge in [0.15, 0.2) is 0 Å². The molecule has 2 fully saturated rings. The zero-order valence-corrected chi connectivity index (χ0v) is 12.4. The summed E-state index contributed by atoms with van der Waals surface area (Å²) in [5.74, 6) is -1.78. The molecule has 1 aliphatic carbocycles. The average Bonchev–Trinajstić information content (AvgIpc) is 3.21. The molecule has 1 saturated carbocycles. The molecule has 1 aliphatic heterocycles. The Labute approximate surface area is 129 Å². The third kappa shape index (κ3) is 2.99. The number of aliphatic hydroxyl groups excluding tert-OH is 1. The summed E-state index contributed by atoms with van der Waals surface area (Å²) in [6.07, 6.45) is 2.18. The van der Waals surface area contributed by atoms with E-state index in [4.69, 9.17) is 5.11 Å². The molecule has 0 bridgehead atoms. The fourth-order valence-electron chi connectivity index (χ4n) is 3.39. The highest BCUT2D eigenvalue weighted by Crippen LogP contribution is 2.42. The summed E-state index contributed by atoms with van der Waals surface area (Å²) in [6.45, 7) is 0.674. The Kier molecular flexibility index (Phi) is 4.16. The topological polar surface area (TPSA) is 77.8 Å².